The molecule has 0 amide bonds. The van der Waals surface area contributed by atoms with Crippen LogP contribution in [0.15, 0.2) is 0 Å². The molecule has 0 radical (unpaired) electrons. The summed E-state index contributed by atoms with van der Waals surface area (Å²) < 4.78 is 28.4. The molecule has 0 aliphatic heterocycles. The topological polar surface area (TPSA) is 71.4 Å². The Morgan fingerprint density at radius 1 is 1.55 bits per heavy atom. The molecule has 1 N–H and O–H groups in total. The number of carbonyl (C=O) groups excluding carboxylic acids is 1. The predicted molar refractivity (Wildman–Crippen MR) is 39.5 cm³/mol. The van der Waals surface area contributed by atoms with E-state index in [1.807, 2.05) is 0 Å². The molecule has 0 aromatic carbocycles. The Bertz CT molecular complexity index is 290. The molecule has 0 spiro atoms. The molecule has 62 valence electrons. The van der Waals surface area contributed by atoms with Crippen LogP contribution in [0.5, 0.6) is 0 Å². The average molecular weight is 176 g/mol. The maximum Gasteiger partial charge on any atom is 0.265 e. The van der Waals surface area contributed by atoms with E-state index in [9.17, 15) is 13.2 Å². The Kier molecular flexibility index (Phi) is 3.79. The van der Waals surface area contributed by atoms with Gasteiger partial charge in [-0.05, 0) is 12.8 Å². The number of Topliss-reactive ketones (excluding diaryl/α,β-unsaturated/α-hetero) is 1. The fourth-order valence-electron chi connectivity index (χ4n) is 0.424. The van der Waals surface area contributed by atoms with Crippen LogP contribution in [0.3, 0.4) is 0 Å². The summed E-state index contributed by atoms with van der Waals surface area (Å²) in [5.41, 5.74) is 0. The monoisotopic (exact) mass is 176 g/mol. The summed E-state index contributed by atoms with van der Waals surface area (Å²) in [5.74, 6) is 3.44. The summed E-state index contributed by atoms with van der Waals surface area (Å²) >= 11 is 0. The Morgan fingerprint density at radius 2 is 2.09 bits per heavy atom. The van der Waals surface area contributed by atoms with Gasteiger partial charge in [-0.15, -0.1) is 0 Å². The molecular formula is C6H8O4S. The van der Waals surface area contributed by atoms with E-state index in [-0.39, 0.29) is 6.42 Å². The van der Waals surface area contributed by atoms with Crippen LogP contribution in [0.1, 0.15) is 13.3 Å². The van der Waals surface area contributed by atoms with Gasteiger partial charge in [0, 0.05) is 6.42 Å². The Balaban J connectivity index is 3.89. The molecule has 0 aromatic heterocycles. The van der Waals surface area contributed by atoms with Gasteiger partial charge in [0.25, 0.3) is 10.1 Å². The standard InChI is InChI=1S/C6H8O4S/c1-2-3-6(7)4-5-11(8,9)10/h4-5H2,1H3,(H,8,9,10). The predicted octanol–water partition coefficient (Wildman–Crippen LogP) is -0.143. The van der Waals surface area contributed by atoms with Crippen LogP contribution in [-0.4, -0.2) is 24.5 Å². The van der Waals surface area contributed by atoms with Gasteiger partial charge in [0.2, 0.25) is 5.78 Å². The van der Waals surface area contributed by atoms with Crippen molar-refractivity contribution in [1.82, 2.24) is 0 Å². The van der Waals surface area contributed by atoms with Crippen LogP contribution in [0.25, 0.3) is 0 Å². The van der Waals surface area contributed by atoms with Crippen molar-refractivity contribution >= 4 is 15.9 Å². The minimum atomic E-state index is -4.03. The second-order valence-corrected chi connectivity index (χ2v) is 3.41. The molecule has 5 heteroatoms. The van der Waals surface area contributed by atoms with Gasteiger partial charge in [-0.2, -0.15) is 8.42 Å². The van der Waals surface area contributed by atoms with Crippen molar-refractivity contribution < 1.29 is 17.8 Å². The van der Waals surface area contributed by atoms with Crippen molar-refractivity contribution in [2.24, 2.45) is 0 Å². The number of hydrogen-bond acceptors (Lipinski definition) is 3. The average Bonchev–Trinajstić information content (AvgIpc) is 1.83. The Morgan fingerprint density at radius 3 is 2.45 bits per heavy atom. The van der Waals surface area contributed by atoms with Crippen molar-refractivity contribution in [2.75, 3.05) is 5.75 Å². The highest BCUT2D eigenvalue weighted by atomic mass is 32.2. The van der Waals surface area contributed by atoms with Crippen molar-refractivity contribution in [1.29, 1.82) is 0 Å². The van der Waals surface area contributed by atoms with Gasteiger partial charge in [-0.3, -0.25) is 9.35 Å². The van der Waals surface area contributed by atoms with E-state index in [0.29, 0.717) is 0 Å². The minimum Gasteiger partial charge on any atom is -0.286 e. The normalized spacial score (nSPS) is 10.0. The maximum absolute atomic E-state index is 10.5. The summed E-state index contributed by atoms with van der Waals surface area (Å²) in [6.07, 6.45) is -0.250. The lowest BCUT2D eigenvalue weighted by Gasteiger charge is -1.90. The van der Waals surface area contributed by atoms with Gasteiger partial charge in [0.05, 0.1) is 5.75 Å². The van der Waals surface area contributed by atoms with Gasteiger partial charge >= 0.3 is 0 Å². The zero-order chi connectivity index (χ0) is 8.91. The van der Waals surface area contributed by atoms with Gasteiger partial charge in [0.1, 0.15) is 0 Å². The van der Waals surface area contributed by atoms with Gasteiger partial charge in [-0.1, -0.05) is 5.92 Å². The molecular weight excluding hydrogens is 168 g/mol. The molecule has 0 aliphatic rings. The molecule has 0 heterocycles. The summed E-state index contributed by atoms with van der Waals surface area (Å²) in [6.45, 7) is 1.48. The zero-order valence-electron chi connectivity index (χ0n) is 5.99. The summed E-state index contributed by atoms with van der Waals surface area (Å²) in [5, 5.41) is 0. The lowest BCUT2D eigenvalue weighted by atomic mass is 10.3. The smallest absolute Gasteiger partial charge is 0.265 e. The molecule has 0 saturated carbocycles. The molecule has 0 aliphatic carbocycles. The van der Waals surface area contributed by atoms with E-state index < -0.39 is 21.7 Å². The largest absolute Gasteiger partial charge is 0.286 e. The van der Waals surface area contributed by atoms with Crippen LogP contribution in [0.4, 0.5) is 0 Å². The second-order valence-electron chi connectivity index (χ2n) is 1.83. The first-order valence-corrected chi connectivity index (χ1v) is 4.47. The first-order valence-electron chi connectivity index (χ1n) is 2.86. The molecule has 0 bridgehead atoms. The van der Waals surface area contributed by atoms with Crippen molar-refractivity contribution in [3.05, 3.63) is 0 Å². The number of hydrogen-bond donors (Lipinski definition) is 1. The third kappa shape index (κ3) is 7.03. The van der Waals surface area contributed by atoms with Crippen LogP contribution in [-0.2, 0) is 14.9 Å². The highest BCUT2D eigenvalue weighted by molar-refractivity contribution is 7.85. The number of ketones is 1. The first kappa shape index (κ1) is 10.1. The van der Waals surface area contributed by atoms with Gasteiger partial charge < -0.3 is 0 Å². The molecule has 4 nitrogen and oxygen atoms in total. The van der Waals surface area contributed by atoms with Crippen molar-refractivity contribution in [3.63, 3.8) is 0 Å². The molecule has 0 aromatic rings. The van der Waals surface area contributed by atoms with Crippen LogP contribution in [0, 0.1) is 11.8 Å². The summed E-state index contributed by atoms with van der Waals surface area (Å²) in [6, 6.07) is 0. The molecule has 11 heavy (non-hydrogen) atoms. The van der Waals surface area contributed by atoms with E-state index in [1.165, 1.54) is 6.92 Å². The highest BCUT2D eigenvalue weighted by Gasteiger charge is 2.06. The lowest BCUT2D eigenvalue weighted by molar-refractivity contribution is -0.113. The quantitative estimate of drug-likeness (QED) is 0.369. The number of carbonyl (C=O) groups is 1. The van der Waals surface area contributed by atoms with Crippen molar-refractivity contribution in [2.45, 2.75) is 13.3 Å². The highest BCUT2D eigenvalue weighted by Crippen LogP contribution is 1.88. The first-order chi connectivity index (χ1) is 4.95. The summed E-state index contributed by atoms with van der Waals surface area (Å²) in [7, 11) is -4.03. The van der Waals surface area contributed by atoms with Crippen molar-refractivity contribution in [3.8, 4) is 11.8 Å². The van der Waals surface area contributed by atoms with E-state index >= 15 is 0 Å². The SMILES string of the molecule is CC#CC(=O)CCS(=O)(=O)O. The fourth-order valence-corrected chi connectivity index (χ4v) is 0.867. The van der Waals surface area contributed by atoms with Crippen LogP contribution < -0.4 is 0 Å². The summed E-state index contributed by atoms with van der Waals surface area (Å²) in [4.78, 5) is 10.5. The third-order valence-electron chi connectivity index (χ3n) is 0.851. The maximum atomic E-state index is 10.5. The zero-order valence-corrected chi connectivity index (χ0v) is 6.81. The van der Waals surface area contributed by atoms with Crippen LogP contribution >= 0.6 is 0 Å². The van der Waals surface area contributed by atoms with E-state index in [0.717, 1.165) is 0 Å². The number of rotatable bonds is 3. The Hall–Kier alpha value is -0.860. The van der Waals surface area contributed by atoms with E-state index in [1.54, 1.807) is 0 Å². The molecule has 0 atom stereocenters. The third-order valence-corrected chi connectivity index (χ3v) is 1.57. The molecule has 0 fully saturated rings. The Labute approximate surface area is 65.4 Å². The van der Waals surface area contributed by atoms with E-state index in [2.05, 4.69) is 11.8 Å². The molecule has 0 rings (SSSR count). The van der Waals surface area contributed by atoms with Crippen LogP contribution in [0.2, 0.25) is 0 Å². The fraction of sp³-hybridized carbons (Fsp3) is 0.500. The molecule has 0 saturated heterocycles. The van der Waals surface area contributed by atoms with E-state index in [4.69, 9.17) is 4.55 Å². The minimum absolute atomic E-state index is 0.250. The lowest BCUT2D eigenvalue weighted by Crippen LogP contribution is -2.08. The second kappa shape index (κ2) is 4.11. The van der Waals surface area contributed by atoms with Gasteiger partial charge in [-0.25, -0.2) is 0 Å². The molecule has 0 unspecified atom stereocenters. The van der Waals surface area contributed by atoms with Gasteiger partial charge in [0.15, 0.2) is 0 Å².